The highest BCUT2D eigenvalue weighted by atomic mass is 32.2. The van der Waals surface area contributed by atoms with E-state index in [0.717, 1.165) is 5.03 Å². The first-order chi connectivity index (χ1) is 6.84. The first kappa shape index (κ1) is 9.28. The van der Waals surface area contributed by atoms with Crippen LogP contribution in [0, 0.1) is 6.92 Å². The molecule has 0 saturated heterocycles. The van der Waals surface area contributed by atoms with E-state index in [2.05, 4.69) is 36.2 Å². The van der Waals surface area contributed by atoms with Crippen LogP contribution >= 0.6 is 11.8 Å². The van der Waals surface area contributed by atoms with Crippen molar-refractivity contribution in [2.24, 2.45) is 0 Å². The van der Waals surface area contributed by atoms with Crippen LogP contribution in [0.15, 0.2) is 58.6 Å². The van der Waals surface area contributed by atoms with Crippen LogP contribution in [0.4, 0.5) is 0 Å². The lowest BCUT2D eigenvalue weighted by molar-refractivity contribution is 1.13. The van der Waals surface area contributed by atoms with Crippen molar-refractivity contribution in [3.8, 4) is 0 Å². The van der Waals surface area contributed by atoms with Crippen LogP contribution in [0.3, 0.4) is 0 Å². The second-order valence-corrected chi connectivity index (χ2v) is 4.18. The Bertz CT molecular complexity index is 412. The maximum Gasteiger partial charge on any atom is 0.101 e. The maximum absolute atomic E-state index is 4.27. The van der Waals surface area contributed by atoms with E-state index in [0.29, 0.717) is 0 Å². The van der Waals surface area contributed by atoms with Crippen LogP contribution in [0.5, 0.6) is 0 Å². The minimum atomic E-state index is 1.04. The van der Waals surface area contributed by atoms with E-state index in [1.165, 1.54) is 10.5 Å². The van der Waals surface area contributed by atoms with E-state index in [1.54, 1.807) is 11.8 Å². The molecule has 0 spiro atoms. The van der Waals surface area contributed by atoms with Crippen molar-refractivity contribution in [2.45, 2.75) is 16.8 Å². The molecule has 0 bridgehead atoms. The lowest BCUT2D eigenvalue weighted by atomic mass is 10.2. The molecule has 1 aromatic carbocycles. The normalized spacial score (nSPS) is 10.1. The highest BCUT2D eigenvalue weighted by molar-refractivity contribution is 7.99. The molecule has 0 amide bonds. The molecule has 1 aromatic heterocycles. The minimum absolute atomic E-state index is 1.04. The number of hydrogen-bond acceptors (Lipinski definition) is 2. The standard InChI is InChI=1S/C12H11NS/c1-10-5-4-6-11(9-10)14-12-7-2-3-8-13-12/h2-9H,1H3. The summed E-state index contributed by atoms with van der Waals surface area (Å²) in [5.41, 5.74) is 1.28. The minimum Gasteiger partial charge on any atom is -0.250 e. The molecule has 0 fully saturated rings. The predicted octanol–water partition coefficient (Wildman–Crippen LogP) is 3.54. The summed E-state index contributed by atoms with van der Waals surface area (Å²) in [5.74, 6) is 0. The lowest BCUT2D eigenvalue weighted by Crippen LogP contribution is -1.78. The van der Waals surface area contributed by atoms with E-state index in [1.807, 2.05) is 24.4 Å². The molecule has 0 saturated carbocycles. The van der Waals surface area contributed by atoms with Crippen LogP contribution in [0.25, 0.3) is 0 Å². The van der Waals surface area contributed by atoms with Crippen molar-refractivity contribution >= 4 is 11.8 Å². The summed E-state index contributed by atoms with van der Waals surface area (Å²) in [7, 11) is 0. The van der Waals surface area contributed by atoms with Gasteiger partial charge in [0.25, 0.3) is 0 Å². The summed E-state index contributed by atoms with van der Waals surface area (Å²) < 4.78 is 0. The van der Waals surface area contributed by atoms with Crippen molar-refractivity contribution in [3.05, 3.63) is 54.2 Å². The van der Waals surface area contributed by atoms with Gasteiger partial charge in [0.2, 0.25) is 0 Å². The average molecular weight is 201 g/mol. The molecule has 0 aliphatic rings. The van der Waals surface area contributed by atoms with Gasteiger partial charge in [-0.05, 0) is 31.2 Å². The molecule has 1 nitrogen and oxygen atoms in total. The molecule has 0 N–H and O–H groups in total. The van der Waals surface area contributed by atoms with E-state index >= 15 is 0 Å². The fourth-order valence-electron chi connectivity index (χ4n) is 1.21. The third kappa shape index (κ3) is 2.36. The van der Waals surface area contributed by atoms with Crippen molar-refractivity contribution in [3.63, 3.8) is 0 Å². The van der Waals surface area contributed by atoms with Crippen molar-refractivity contribution < 1.29 is 0 Å². The Morgan fingerprint density at radius 2 is 2.00 bits per heavy atom. The van der Waals surface area contributed by atoms with Gasteiger partial charge in [0.15, 0.2) is 0 Å². The zero-order valence-electron chi connectivity index (χ0n) is 7.97. The monoisotopic (exact) mass is 201 g/mol. The van der Waals surface area contributed by atoms with Gasteiger partial charge in [-0.15, -0.1) is 0 Å². The molecule has 0 aliphatic heterocycles. The van der Waals surface area contributed by atoms with Gasteiger partial charge in [0.1, 0.15) is 5.03 Å². The molecule has 70 valence electrons. The average Bonchev–Trinajstić information content (AvgIpc) is 2.19. The van der Waals surface area contributed by atoms with E-state index in [-0.39, 0.29) is 0 Å². The smallest absolute Gasteiger partial charge is 0.101 e. The van der Waals surface area contributed by atoms with Crippen LogP contribution in [-0.2, 0) is 0 Å². The second kappa shape index (κ2) is 4.29. The lowest BCUT2D eigenvalue weighted by Gasteiger charge is -2.00. The Kier molecular flexibility index (Phi) is 2.84. The van der Waals surface area contributed by atoms with E-state index in [9.17, 15) is 0 Å². The zero-order chi connectivity index (χ0) is 9.80. The fraction of sp³-hybridized carbons (Fsp3) is 0.0833. The Balaban J connectivity index is 2.19. The van der Waals surface area contributed by atoms with Gasteiger partial charge in [0, 0.05) is 11.1 Å². The molecule has 0 radical (unpaired) electrons. The van der Waals surface area contributed by atoms with Crippen LogP contribution in [-0.4, -0.2) is 4.98 Å². The predicted molar refractivity (Wildman–Crippen MR) is 59.5 cm³/mol. The Morgan fingerprint density at radius 1 is 1.07 bits per heavy atom. The van der Waals surface area contributed by atoms with E-state index in [4.69, 9.17) is 0 Å². The Hall–Kier alpha value is -1.28. The number of benzene rings is 1. The number of rotatable bonds is 2. The summed E-state index contributed by atoms with van der Waals surface area (Å²) in [5, 5.41) is 1.04. The third-order valence-corrected chi connectivity index (χ3v) is 2.79. The van der Waals surface area contributed by atoms with Gasteiger partial charge < -0.3 is 0 Å². The maximum atomic E-state index is 4.27. The van der Waals surface area contributed by atoms with Crippen molar-refractivity contribution in [1.82, 2.24) is 4.98 Å². The quantitative estimate of drug-likeness (QED) is 0.737. The molecule has 2 rings (SSSR count). The summed E-state index contributed by atoms with van der Waals surface area (Å²) >= 11 is 1.69. The van der Waals surface area contributed by atoms with Crippen LogP contribution < -0.4 is 0 Å². The molecule has 1 heterocycles. The molecule has 14 heavy (non-hydrogen) atoms. The number of aryl methyl sites for hydroxylation is 1. The van der Waals surface area contributed by atoms with Crippen LogP contribution in [0.2, 0.25) is 0 Å². The van der Waals surface area contributed by atoms with Crippen LogP contribution in [0.1, 0.15) is 5.56 Å². The number of pyridine rings is 1. The number of nitrogens with zero attached hydrogens (tertiary/aromatic N) is 1. The number of aromatic nitrogens is 1. The highest BCUT2D eigenvalue weighted by Gasteiger charge is 1.96. The first-order valence-corrected chi connectivity index (χ1v) is 5.32. The van der Waals surface area contributed by atoms with Gasteiger partial charge in [-0.2, -0.15) is 0 Å². The molecule has 0 atom stereocenters. The van der Waals surface area contributed by atoms with Gasteiger partial charge in [-0.3, -0.25) is 0 Å². The van der Waals surface area contributed by atoms with Gasteiger partial charge in [0.05, 0.1) is 0 Å². The molecule has 0 unspecified atom stereocenters. The first-order valence-electron chi connectivity index (χ1n) is 4.50. The van der Waals surface area contributed by atoms with Gasteiger partial charge in [-0.1, -0.05) is 35.5 Å². The van der Waals surface area contributed by atoms with Crippen molar-refractivity contribution in [2.75, 3.05) is 0 Å². The van der Waals surface area contributed by atoms with Gasteiger partial charge >= 0.3 is 0 Å². The Labute approximate surface area is 88.2 Å². The summed E-state index contributed by atoms with van der Waals surface area (Å²) in [6, 6.07) is 14.4. The largest absolute Gasteiger partial charge is 0.250 e. The zero-order valence-corrected chi connectivity index (χ0v) is 8.79. The third-order valence-electron chi connectivity index (χ3n) is 1.85. The fourth-order valence-corrected chi connectivity index (χ4v) is 2.10. The van der Waals surface area contributed by atoms with Crippen molar-refractivity contribution in [1.29, 1.82) is 0 Å². The summed E-state index contributed by atoms with van der Waals surface area (Å²) in [6.45, 7) is 2.10. The Morgan fingerprint density at radius 3 is 2.71 bits per heavy atom. The topological polar surface area (TPSA) is 12.9 Å². The molecule has 0 aliphatic carbocycles. The van der Waals surface area contributed by atoms with E-state index < -0.39 is 0 Å². The summed E-state index contributed by atoms with van der Waals surface area (Å²) in [4.78, 5) is 5.51. The second-order valence-electron chi connectivity index (χ2n) is 3.09. The molecular formula is C12H11NS. The molecular weight excluding hydrogens is 190 g/mol. The van der Waals surface area contributed by atoms with Gasteiger partial charge in [-0.25, -0.2) is 4.98 Å². The number of hydrogen-bond donors (Lipinski definition) is 0. The highest BCUT2D eigenvalue weighted by Crippen LogP contribution is 2.25. The summed E-state index contributed by atoms with van der Waals surface area (Å²) in [6.07, 6.45) is 1.82. The SMILES string of the molecule is Cc1cccc(Sc2ccccn2)c1. The molecule has 2 aromatic rings. The molecule has 2 heteroatoms.